The molecule has 0 aliphatic carbocycles. The van der Waals surface area contributed by atoms with Crippen LogP contribution >= 0.6 is 23.4 Å². The Morgan fingerprint density at radius 1 is 1.50 bits per heavy atom. The number of methoxy groups -OCH3 is 1. The van der Waals surface area contributed by atoms with E-state index < -0.39 is 17.9 Å². The van der Waals surface area contributed by atoms with Crippen LogP contribution in [0, 0.1) is 11.3 Å². The van der Waals surface area contributed by atoms with Crippen molar-refractivity contribution in [2.24, 2.45) is 0 Å². The number of halogens is 4. The number of nitriles is 1. The number of rotatable bonds is 4. The second kappa shape index (κ2) is 6.86. The van der Waals surface area contributed by atoms with Gasteiger partial charge in [0.2, 0.25) is 0 Å². The molecule has 0 N–H and O–H groups in total. The molecule has 20 heavy (non-hydrogen) atoms. The van der Waals surface area contributed by atoms with Crippen LogP contribution in [0.3, 0.4) is 0 Å². The van der Waals surface area contributed by atoms with Crippen LogP contribution in [0.4, 0.5) is 13.2 Å². The molecule has 1 aromatic rings. The lowest BCUT2D eigenvalue weighted by atomic mass is 10.0. The first kappa shape index (κ1) is 16.7. The van der Waals surface area contributed by atoms with Crippen LogP contribution < -0.4 is 0 Å². The van der Waals surface area contributed by atoms with Crippen molar-refractivity contribution in [2.45, 2.75) is 22.7 Å². The third-order valence-electron chi connectivity index (χ3n) is 2.32. The molecule has 0 fully saturated rings. The Labute approximate surface area is 122 Å². The van der Waals surface area contributed by atoms with Crippen molar-refractivity contribution >= 4 is 29.3 Å². The molecule has 0 saturated carbocycles. The van der Waals surface area contributed by atoms with Crippen LogP contribution in [0.25, 0.3) is 0 Å². The number of carbonyl (C=O) groups excluding carboxylic acids is 1. The largest absolute Gasteiger partial charge is 0.469 e. The number of hydrogen-bond acceptors (Lipinski definition) is 4. The predicted molar refractivity (Wildman–Crippen MR) is 68.3 cm³/mol. The molecular formula is C12H9ClF3NO2S. The van der Waals surface area contributed by atoms with E-state index in [1.165, 1.54) is 12.1 Å². The number of carbonyl (C=O) groups is 1. The summed E-state index contributed by atoms with van der Waals surface area (Å²) in [5.74, 6) is -0.748. The number of hydrogen-bond donors (Lipinski definition) is 0. The van der Waals surface area contributed by atoms with Crippen LogP contribution in [0.1, 0.15) is 16.7 Å². The van der Waals surface area contributed by atoms with E-state index in [0.717, 1.165) is 7.11 Å². The first-order valence-electron chi connectivity index (χ1n) is 5.25. The minimum absolute atomic E-state index is 0.00413. The lowest BCUT2D eigenvalue weighted by Crippen LogP contribution is -2.10. The normalized spacial score (nSPS) is 11.0. The molecule has 0 heterocycles. The predicted octanol–water partition coefficient (Wildman–Crippen LogP) is 3.62. The van der Waals surface area contributed by atoms with E-state index >= 15 is 0 Å². The van der Waals surface area contributed by atoms with Crippen LogP contribution in [0.15, 0.2) is 17.0 Å². The smallest absolute Gasteiger partial charge is 0.446 e. The summed E-state index contributed by atoms with van der Waals surface area (Å²) in [4.78, 5) is 11.1. The van der Waals surface area contributed by atoms with Crippen LogP contribution in [0.2, 0.25) is 0 Å². The number of nitrogens with zero attached hydrogens (tertiary/aromatic N) is 1. The molecule has 3 nitrogen and oxygen atoms in total. The first-order valence-corrected chi connectivity index (χ1v) is 6.60. The van der Waals surface area contributed by atoms with Gasteiger partial charge in [-0.15, -0.1) is 11.6 Å². The highest BCUT2D eigenvalue weighted by atomic mass is 35.5. The van der Waals surface area contributed by atoms with E-state index in [2.05, 4.69) is 4.74 Å². The summed E-state index contributed by atoms with van der Waals surface area (Å²) in [7, 11) is 1.12. The maximum Gasteiger partial charge on any atom is 0.446 e. The molecule has 0 aliphatic rings. The molecule has 0 amide bonds. The standard InChI is InChI=1S/C12H9ClF3NO2S/c1-19-11(18)4-9-8(6-17)2-7(5-13)3-10(9)20-12(14,15)16/h2-3H,4-5H2,1H3. The van der Waals surface area contributed by atoms with Crippen molar-refractivity contribution in [1.82, 2.24) is 0 Å². The molecule has 0 radical (unpaired) electrons. The maximum atomic E-state index is 12.5. The minimum atomic E-state index is -4.53. The highest BCUT2D eigenvalue weighted by Gasteiger charge is 2.31. The van der Waals surface area contributed by atoms with Gasteiger partial charge in [0.1, 0.15) is 0 Å². The van der Waals surface area contributed by atoms with Gasteiger partial charge in [0.15, 0.2) is 0 Å². The molecule has 0 unspecified atom stereocenters. The Morgan fingerprint density at radius 2 is 2.15 bits per heavy atom. The molecule has 0 atom stereocenters. The van der Waals surface area contributed by atoms with E-state index in [1.54, 1.807) is 6.07 Å². The second-order valence-electron chi connectivity index (χ2n) is 3.67. The Hall–Kier alpha value is -1.39. The van der Waals surface area contributed by atoms with Crippen molar-refractivity contribution in [1.29, 1.82) is 5.26 Å². The SMILES string of the molecule is COC(=O)Cc1c(C#N)cc(CCl)cc1SC(F)(F)F. The zero-order valence-corrected chi connectivity index (χ0v) is 11.8. The van der Waals surface area contributed by atoms with Crippen molar-refractivity contribution in [3.63, 3.8) is 0 Å². The zero-order valence-electron chi connectivity index (χ0n) is 10.3. The van der Waals surface area contributed by atoms with Gasteiger partial charge in [-0.05, 0) is 35.0 Å². The summed E-state index contributed by atoms with van der Waals surface area (Å²) >= 11 is 5.21. The third kappa shape index (κ3) is 4.62. The van der Waals surface area contributed by atoms with Gasteiger partial charge in [-0.25, -0.2) is 0 Å². The number of esters is 1. The van der Waals surface area contributed by atoms with Gasteiger partial charge >= 0.3 is 11.5 Å². The van der Waals surface area contributed by atoms with Gasteiger partial charge in [-0.1, -0.05) is 0 Å². The maximum absolute atomic E-state index is 12.5. The quantitative estimate of drug-likeness (QED) is 0.482. The molecule has 1 rings (SSSR count). The molecule has 0 spiro atoms. The summed E-state index contributed by atoms with van der Waals surface area (Å²) < 4.78 is 42.1. The molecule has 0 saturated heterocycles. The number of thioether (sulfide) groups is 1. The molecule has 0 aromatic heterocycles. The van der Waals surface area contributed by atoms with E-state index in [1.807, 2.05) is 0 Å². The Kier molecular flexibility index (Phi) is 5.72. The van der Waals surface area contributed by atoms with Crippen LogP contribution in [-0.2, 0) is 21.8 Å². The van der Waals surface area contributed by atoms with Gasteiger partial charge in [0.25, 0.3) is 0 Å². The Balaban J connectivity index is 3.35. The van der Waals surface area contributed by atoms with Crippen LogP contribution in [-0.4, -0.2) is 18.6 Å². The summed E-state index contributed by atoms with van der Waals surface area (Å²) in [6.45, 7) is 0. The van der Waals surface area contributed by atoms with Crippen molar-refractivity contribution < 1.29 is 22.7 Å². The molecule has 0 aliphatic heterocycles. The van der Waals surface area contributed by atoms with Crippen molar-refractivity contribution in [2.75, 3.05) is 7.11 Å². The van der Waals surface area contributed by atoms with Gasteiger partial charge in [0, 0.05) is 10.8 Å². The van der Waals surface area contributed by atoms with Gasteiger partial charge in [-0.2, -0.15) is 18.4 Å². The molecule has 1 aromatic carbocycles. The first-order chi connectivity index (χ1) is 9.30. The lowest BCUT2D eigenvalue weighted by Gasteiger charge is -2.13. The molecular weight excluding hydrogens is 315 g/mol. The Morgan fingerprint density at radius 3 is 2.60 bits per heavy atom. The monoisotopic (exact) mass is 323 g/mol. The van der Waals surface area contributed by atoms with Crippen molar-refractivity contribution in [3.8, 4) is 6.07 Å². The molecule has 108 valence electrons. The number of ether oxygens (including phenoxy) is 1. The topological polar surface area (TPSA) is 50.1 Å². The fraction of sp³-hybridized carbons (Fsp3) is 0.333. The number of benzene rings is 1. The second-order valence-corrected chi connectivity index (χ2v) is 5.04. The summed E-state index contributed by atoms with van der Waals surface area (Å²) in [5, 5.41) is 9.01. The van der Waals surface area contributed by atoms with Gasteiger partial charge in [-0.3, -0.25) is 4.79 Å². The minimum Gasteiger partial charge on any atom is -0.469 e. The van der Waals surface area contributed by atoms with E-state index in [0.29, 0.717) is 5.56 Å². The average molecular weight is 324 g/mol. The summed E-state index contributed by atoms with van der Waals surface area (Å²) in [6.07, 6.45) is -0.402. The van der Waals surface area contributed by atoms with E-state index in [9.17, 15) is 18.0 Å². The van der Waals surface area contributed by atoms with Crippen molar-refractivity contribution in [3.05, 3.63) is 28.8 Å². The lowest BCUT2D eigenvalue weighted by molar-refractivity contribution is -0.139. The molecule has 8 heteroatoms. The fourth-order valence-electron chi connectivity index (χ4n) is 1.49. The van der Waals surface area contributed by atoms with Gasteiger partial charge < -0.3 is 4.74 Å². The third-order valence-corrected chi connectivity index (χ3v) is 3.44. The average Bonchev–Trinajstić information content (AvgIpc) is 2.38. The fourth-order valence-corrected chi connectivity index (χ4v) is 2.41. The molecule has 0 bridgehead atoms. The van der Waals surface area contributed by atoms with E-state index in [-0.39, 0.29) is 33.7 Å². The Bertz CT molecular complexity index is 555. The summed E-state index contributed by atoms with van der Waals surface area (Å²) in [6, 6.07) is 4.37. The summed E-state index contributed by atoms with van der Waals surface area (Å²) in [5.41, 5.74) is -4.16. The highest BCUT2D eigenvalue weighted by Crippen LogP contribution is 2.40. The number of alkyl halides is 4. The van der Waals surface area contributed by atoms with Gasteiger partial charge in [0.05, 0.1) is 25.2 Å². The van der Waals surface area contributed by atoms with E-state index in [4.69, 9.17) is 16.9 Å². The van der Waals surface area contributed by atoms with Crippen LogP contribution in [0.5, 0.6) is 0 Å². The zero-order chi connectivity index (χ0) is 15.3. The highest BCUT2D eigenvalue weighted by molar-refractivity contribution is 8.00.